The molecule has 12 nitrogen and oxygen atoms in total. The van der Waals surface area contributed by atoms with Crippen molar-refractivity contribution in [1.82, 2.24) is 15.5 Å². The first-order valence-corrected chi connectivity index (χ1v) is 15.0. The minimum atomic E-state index is -1.36. The van der Waals surface area contributed by atoms with E-state index in [9.17, 15) is 33.9 Å². The number of ether oxygens (including phenoxy) is 1. The van der Waals surface area contributed by atoms with E-state index in [0.717, 1.165) is 0 Å². The lowest BCUT2D eigenvalue weighted by Gasteiger charge is -2.32. The maximum absolute atomic E-state index is 13.6. The molecule has 1 unspecified atom stereocenters. The molecule has 0 radical (unpaired) electrons. The maximum Gasteiger partial charge on any atom is 0.417 e. The van der Waals surface area contributed by atoms with Gasteiger partial charge in [-0.05, 0) is 42.6 Å². The monoisotopic (exact) mass is 618 g/mol. The van der Waals surface area contributed by atoms with Crippen LogP contribution in [0.4, 0.5) is 4.79 Å². The van der Waals surface area contributed by atoms with E-state index in [1.54, 1.807) is 58.0 Å². The Kier molecular flexibility index (Phi) is 15.2. The van der Waals surface area contributed by atoms with Crippen molar-refractivity contribution in [2.24, 2.45) is 28.9 Å². The van der Waals surface area contributed by atoms with Gasteiger partial charge in [0.15, 0.2) is 0 Å². The van der Waals surface area contributed by atoms with Crippen molar-refractivity contribution < 1.29 is 38.6 Å². The molecule has 1 aromatic carbocycles. The van der Waals surface area contributed by atoms with Gasteiger partial charge in [-0.2, -0.15) is 0 Å². The van der Waals surface area contributed by atoms with Crippen molar-refractivity contribution >= 4 is 36.1 Å². The van der Waals surface area contributed by atoms with E-state index in [-0.39, 0.29) is 31.3 Å². The summed E-state index contributed by atoms with van der Waals surface area (Å²) in [6.45, 7) is 13.6. The van der Waals surface area contributed by atoms with Crippen LogP contribution in [-0.4, -0.2) is 70.2 Å². The Bertz CT molecular complexity index is 1130. The normalized spacial score (nSPS) is 15.6. The number of rotatable bonds is 16. The van der Waals surface area contributed by atoms with Gasteiger partial charge in [-0.3, -0.25) is 19.2 Å². The van der Waals surface area contributed by atoms with E-state index in [0.29, 0.717) is 23.2 Å². The van der Waals surface area contributed by atoms with Gasteiger partial charge in [-0.25, -0.2) is 9.69 Å². The Morgan fingerprint density at radius 2 is 1.57 bits per heavy atom. The second kappa shape index (κ2) is 17.5. The average molecular weight is 619 g/mol. The first-order valence-electron chi connectivity index (χ1n) is 15.0. The van der Waals surface area contributed by atoms with Gasteiger partial charge in [0.1, 0.15) is 25.0 Å². The lowest BCUT2D eigenvalue weighted by atomic mass is 9.77. The standard InChI is InChI=1S/C32H50N4O8/c1-9-20(4)26(33)28(39)35-25(16-24(30(41)42)32(6,7)8)27(38)34-21(5)29(40)36(23(17-37)15-19(2)3)31(43)44-18-22-13-11-10-12-14-22/h10-14,17,19-21,23-26H,9,15-16,18,33H2,1-8H3,(H,34,38)(H,35,39)(H,41,42)/t20-,21-,23-,24?,25-,26-/m0/s1. The smallest absolute Gasteiger partial charge is 0.417 e. The summed E-state index contributed by atoms with van der Waals surface area (Å²) in [5, 5.41) is 15.0. The lowest BCUT2D eigenvalue weighted by Crippen LogP contribution is -2.58. The Morgan fingerprint density at radius 1 is 0.977 bits per heavy atom. The van der Waals surface area contributed by atoms with Crippen molar-refractivity contribution in [2.45, 2.75) is 105 Å². The largest absolute Gasteiger partial charge is 0.481 e. The zero-order valence-corrected chi connectivity index (χ0v) is 27.2. The van der Waals surface area contributed by atoms with E-state index >= 15 is 0 Å². The Morgan fingerprint density at radius 3 is 2.05 bits per heavy atom. The second-order valence-corrected chi connectivity index (χ2v) is 12.8. The number of aliphatic carboxylic acids is 1. The fourth-order valence-corrected chi connectivity index (χ4v) is 4.54. The number of amides is 4. The van der Waals surface area contributed by atoms with E-state index in [1.807, 2.05) is 20.8 Å². The fraction of sp³-hybridized carbons (Fsp3) is 0.625. The molecule has 0 bridgehead atoms. The molecule has 0 aromatic heterocycles. The summed E-state index contributed by atoms with van der Waals surface area (Å²) in [7, 11) is 0. The van der Waals surface area contributed by atoms with Crippen LogP contribution in [0.3, 0.4) is 0 Å². The number of benzene rings is 1. The van der Waals surface area contributed by atoms with Gasteiger partial charge < -0.3 is 31.0 Å². The van der Waals surface area contributed by atoms with Crippen LogP contribution in [0.25, 0.3) is 0 Å². The number of hydrogen-bond donors (Lipinski definition) is 4. The van der Waals surface area contributed by atoms with Crippen LogP contribution >= 0.6 is 0 Å². The first-order chi connectivity index (χ1) is 20.4. The summed E-state index contributed by atoms with van der Waals surface area (Å²) in [5.74, 6) is -4.85. The van der Waals surface area contributed by atoms with Gasteiger partial charge >= 0.3 is 12.1 Å². The Balaban J connectivity index is 3.31. The number of nitrogens with one attached hydrogen (secondary N) is 2. The highest BCUT2D eigenvalue weighted by Gasteiger charge is 2.39. The molecule has 44 heavy (non-hydrogen) atoms. The topological polar surface area (TPSA) is 185 Å². The fourth-order valence-electron chi connectivity index (χ4n) is 4.54. The molecular weight excluding hydrogens is 568 g/mol. The van der Waals surface area contributed by atoms with Gasteiger partial charge in [0, 0.05) is 0 Å². The van der Waals surface area contributed by atoms with Crippen molar-refractivity contribution in [3.8, 4) is 0 Å². The number of carboxylic acids is 1. The molecule has 1 aromatic rings. The van der Waals surface area contributed by atoms with Gasteiger partial charge in [0.2, 0.25) is 11.8 Å². The number of carbonyl (C=O) groups excluding carboxylic acids is 5. The summed E-state index contributed by atoms with van der Waals surface area (Å²) < 4.78 is 5.37. The number of imide groups is 1. The van der Waals surface area contributed by atoms with Crippen molar-refractivity contribution in [3.05, 3.63) is 35.9 Å². The zero-order chi connectivity index (χ0) is 33.8. The third-order valence-corrected chi connectivity index (χ3v) is 7.58. The number of nitrogens with zero attached hydrogens (tertiary/aromatic N) is 1. The highest BCUT2D eigenvalue weighted by molar-refractivity contribution is 6.00. The van der Waals surface area contributed by atoms with Crippen molar-refractivity contribution in [1.29, 1.82) is 0 Å². The lowest BCUT2D eigenvalue weighted by molar-refractivity contribution is -0.147. The van der Waals surface area contributed by atoms with Gasteiger partial charge in [0.05, 0.1) is 18.0 Å². The van der Waals surface area contributed by atoms with Crippen LogP contribution in [0.2, 0.25) is 0 Å². The molecule has 0 saturated heterocycles. The highest BCUT2D eigenvalue weighted by Crippen LogP contribution is 2.30. The molecule has 0 saturated carbocycles. The van der Waals surface area contributed by atoms with Crippen LogP contribution < -0.4 is 16.4 Å². The Hall–Kier alpha value is -3.80. The number of nitrogens with two attached hydrogens (primary N) is 1. The minimum absolute atomic E-state index is 0.0630. The molecule has 0 aliphatic rings. The number of hydrogen-bond acceptors (Lipinski definition) is 8. The van der Waals surface area contributed by atoms with E-state index in [4.69, 9.17) is 10.5 Å². The second-order valence-electron chi connectivity index (χ2n) is 12.8. The zero-order valence-electron chi connectivity index (χ0n) is 27.2. The van der Waals surface area contributed by atoms with Crippen molar-refractivity contribution in [3.63, 3.8) is 0 Å². The first kappa shape index (κ1) is 38.2. The summed E-state index contributed by atoms with van der Waals surface area (Å²) in [6.07, 6.45) is -0.0929. The third-order valence-electron chi connectivity index (χ3n) is 7.58. The molecule has 12 heteroatoms. The molecule has 0 spiro atoms. The molecule has 0 aliphatic heterocycles. The van der Waals surface area contributed by atoms with Gasteiger partial charge in [0.25, 0.3) is 5.91 Å². The molecule has 0 heterocycles. The molecule has 5 N–H and O–H groups in total. The van der Waals surface area contributed by atoms with Crippen LogP contribution in [0, 0.1) is 23.2 Å². The summed E-state index contributed by atoms with van der Waals surface area (Å²) in [6, 6.07) is 3.97. The minimum Gasteiger partial charge on any atom is -0.481 e. The molecular formula is C32H50N4O8. The number of carbonyl (C=O) groups is 6. The van der Waals surface area contributed by atoms with E-state index in [2.05, 4.69) is 10.6 Å². The third kappa shape index (κ3) is 11.7. The van der Waals surface area contributed by atoms with Crippen LogP contribution in [-0.2, 0) is 35.3 Å². The van der Waals surface area contributed by atoms with Crippen LogP contribution in [0.15, 0.2) is 30.3 Å². The van der Waals surface area contributed by atoms with Gasteiger partial charge in [-0.15, -0.1) is 0 Å². The highest BCUT2D eigenvalue weighted by atomic mass is 16.6. The quantitative estimate of drug-likeness (QED) is 0.202. The molecule has 1 rings (SSSR count). The number of aldehydes is 1. The molecule has 246 valence electrons. The summed E-state index contributed by atoms with van der Waals surface area (Å²) >= 11 is 0. The number of carboxylic acid groups (broad SMARTS) is 1. The average Bonchev–Trinajstić information content (AvgIpc) is 2.95. The van der Waals surface area contributed by atoms with E-state index < -0.39 is 65.3 Å². The van der Waals surface area contributed by atoms with Crippen molar-refractivity contribution in [2.75, 3.05) is 0 Å². The SMILES string of the molecule is CC[C@H](C)[C@H](N)C(=O)N[C@@H](CC(C(=O)O)C(C)(C)C)C(=O)N[C@@H](C)C(=O)N(C(=O)OCc1ccccc1)[C@H](C=O)CC(C)C. The molecule has 0 fully saturated rings. The van der Waals surface area contributed by atoms with Gasteiger partial charge in [-0.1, -0.05) is 85.2 Å². The summed E-state index contributed by atoms with van der Waals surface area (Å²) in [4.78, 5) is 78.2. The van der Waals surface area contributed by atoms with Crippen LogP contribution in [0.5, 0.6) is 0 Å². The van der Waals surface area contributed by atoms with E-state index in [1.165, 1.54) is 6.92 Å². The predicted molar refractivity (Wildman–Crippen MR) is 165 cm³/mol. The maximum atomic E-state index is 13.6. The van der Waals surface area contributed by atoms with Crippen LogP contribution in [0.1, 0.15) is 80.2 Å². The molecule has 0 aliphatic carbocycles. The summed E-state index contributed by atoms with van der Waals surface area (Å²) in [5.41, 5.74) is 5.97. The predicted octanol–water partition coefficient (Wildman–Crippen LogP) is 3.27. The molecule has 4 amide bonds. The Labute approximate surface area is 260 Å². The molecule has 6 atom stereocenters.